The van der Waals surface area contributed by atoms with Crippen LogP contribution in [0.15, 0.2) is 30.3 Å². The molecule has 0 heterocycles. The van der Waals surface area contributed by atoms with Gasteiger partial charge in [-0.3, -0.25) is 4.79 Å². The molecule has 0 saturated heterocycles. The largest absolute Gasteiger partial charge is 0.484 e. The van der Waals surface area contributed by atoms with Crippen LogP contribution in [-0.2, 0) is 4.79 Å². The standard InChI is InChI=1S/C14H19NO3/c16-13-9-5-4-8-12(13)15-14(17)10-18-11-6-2-1-3-7-11/h1-3,6-7,12-13,16H,4-5,8-10H2,(H,15,17). The number of hydrogen-bond acceptors (Lipinski definition) is 3. The summed E-state index contributed by atoms with van der Waals surface area (Å²) in [5.74, 6) is 0.502. The zero-order valence-corrected chi connectivity index (χ0v) is 10.3. The van der Waals surface area contributed by atoms with Crippen molar-refractivity contribution in [1.29, 1.82) is 0 Å². The molecule has 98 valence electrons. The molecule has 2 N–H and O–H groups in total. The first kappa shape index (κ1) is 12.9. The molecular weight excluding hydrogens is 230 g/mol. The summed E-state index contributed by atoms with van der Waals surface area (Å²) in [6, 6.07) is 9.11. The lowest BCUT2D eigenvalue weighted by Gasteiger charge is -2.28. The number of benzene rings is 1. The lowest BCUT2D eigenvalue weighted by Crippen LogP contribution is -2.46. The molecule has 0 spiro atoms. The van der Waals surface area contributed by atoms with Crippen LogP contribution in [0.3, 0.4) is 0 Å². The van der Waals surface area contributed by atoms with Gasteiger partial charge in [-0.1, -0.05) is 31.0 Å². The third kappa shape index (κ3) is 3.74. The van der Waals surface area contributed by atoms with Crippen LogP contribution >= 0.6 is 0 Å². The van der Waals surface area contributed by atoms with Crippen LogP contribution in [0.4, 0.5) is 0 Å². The molecule has 4 nitrogen and oxygen atoms in total. The number of ether oxygens (including phenoxy) is 1. The third-order valence-corrected chi connectivity index (χ3v) is 3.19. The van der Waals surface area contributed by atoms with Gasteiger partial charge in [0.25, 0.3) is 5.91 Å². The van der Waals surface area contributed by atoms with Crippen molar-refractivity contribution in [3.05, 3.63) is 30.3 Å². The molecule has 0 bridgehead atoms. The van der Waals surface area contributed by atoms with Crippen molar-refractivity contribution in [1.82, 2.24) is 5.32 Å². The van der Waals surface area contributed by atoms with Crippen LogP contribution in [0.5, 0.6) is 5.75 Å². The van der Waals surface area contributed by atoms with E-state index in [0.717, 1.165) is 25.7 Å². The molecule has 1 aromatic carbocycles. The number of aliphatic hydroxyl groups excluding tert-OH is 1. The van der Waals surface area contributed by atoms with Crippen molar-refractivity contribution in [3.8, 4) is 5.75 Å². The van der Waals surface area contributed by atoms with Crippen molar-refractivity contribution in [2.75, 3.05) is 6.61 Å². The number of para-hydroxylation sites is 1. The van der Waals surface area contributed by atoms with E-state index in [-0.39, 0.29) is 18.6 Å². The summed E-state index contributed by atoms with van der Waals surface area (Å²) in [5.41, 5.74) is 0. The summed E-state index contributed by atoms with van der Waals surface area (Å²) in [6.07, 6.45) is 3.29. The Morgan fingerprint density at radius 3 is 2.72 bits per heavy atom. The van der Waals surface area contributed by atoms with Gasteiger partial charge in [0.05, 0.1) is 12.1 Å². The van der Waals surface area contributed by atoms with Gasteiger partial charge in [0.15, 0.2) is 6.61 Å². The van der Waals surface area contributed by atoms with E-state index in [0.29, 0.717) is 5.75 Å². The van der Waals surface area contributed by atoms with E-state index in [9.17, 15) is 9.90 Å². The first-order valence-corrected chi connectivity index (χ1v) is 6.41. The first-order chi connectivity index (χ1) is 8.75. The van der Waals surface area contributed by atoms with Crippen molar-refractivity contribution in [2.24, 2.45) is 0 Å². The molecule has 1 fully saturated rings. The Morgan fingerprint density at radius 1 is 1.28 bits per heavy atom. The smallest absolute Gasteiger partial charge is 0.258 e. The van der Waals surface area contributed by atoms with Gasteiger partial charge in [0, 0.05) is 0 Å². The molecule has 0 radical (unpaired) electrons. The fraction of sp³-hybridized carbons (Fsp3) is 0.500. The lowest BCUT2D eigenvalue weighted by atomic mass is 9.92. The minimum absolute atomic E-state index is 0.00671. The average Bonchev–Trinajstić information content (AvgIpc) is 2.40. The van der Waals surface area contributed by atoms with E-state index in [2.05, 4.69) is 5.32 Å². The summed E-state index contributed by atoms with van der Waals surface area (Å²) in [6.45, 7) is -0.00671. The molecule has 2 unspecified atom stereocenters. The number of rotatable bonds is 4. The molecule has 18 heavy (non-hydrogen) atoms. The van der Waals surface area contributed by atoms with E-state index in [1.54, 1.807) is 0 Å². The maximum absolute atomic E-state index is 11.7. The van der Waals surface area contributed by atoms with Crippen LogP contribution in [0.1, 0.15) is 25.7 Å². The second-order valence-electron chi connectivity index (χ2n) is 4.63. The Balaban J connectivity index is 1.75. The molecule has 1 aliphatic carbocycles. The van der Waals surface area contributed by atoms with Gasteiger partial charge in [-0.15, -0.1) is 0 Å². The van der Waals surface area contributed by atoms with Crippen LogP contribution < -0.4 is 10.1 Å². The van der Waals surface area contributed by atoms with Gasteiger partial charge < -0.3 is 15.2 Å². The Hall–Kier alpha value is -1.55. The quantitative estimate of drug-likeness (QED) is 0.850. The first-order valence-electron chi connectivity index (χ1n) is 6.41. The predicted molar refractivity (Wildman–Crippen MR) is 68.3 cm³/mol. The van der Waals surface area contributed by atoms with Crippen molar-refractivity contribution < 1.29 is 14.6 Å². The van der Waals surface area contributed by atoms with Gasteiger partial charge >= 0.3 is 0 Å². The minimum atomic E-state index is -0.417. The number of nitrogens with one attached hydrogen (secondary N) is 1. The summed E-state index contributed by atoms with van der Waals surface area (Å²) in [4.78, 5) is 11.7. The SMILES string of the molecule is O=C(COc1ccccc1)NC1CCCCC1O. The summed E-state index contributed by atoms with van der Waals surface area (Å²) < 4.78 is 5.35. The monoisotopic (exact) mass is 249 g/mol. The zero-order chi connectivity index (χ0) is 12.8. The number of carbonyl (C=O) groups is 1. The molecule has 1 aromatic rings. The van der Waals surface area contributed by atoms with Crippen molar-refractivity contribution in [2.45, 2.75) is 37.8 Å². The highest BCUT2D eigenvalue weighted by Gasteiger charge is 2.24. The summed E-state index contributed by atoms with van der Waals surface area (Å²) >= 11 is 0. The van der Waals surface area contributed by atoms with Crippen LogP contribution in [0, 0.1) is 0 Å². The molecule has 1 amide bonds. The maximum atomic E-state index is 11.7. The van der Waals surface area contributed by atoms with E-state index < -0.39 is 6.10 Å². The highest BCUT2D eigenvalue weighted by molar-refractivity contribution is 5.77. The number of carbonyl (C=O) groups excluding carboxylic acids is 1. The fourth-order valence-corrected chi connectivity index (χ4v) is 2.19. The van der Waals surface area contributed by atoms with E-state index >= 15 is 0 Å². The number of hydrogen-bond donors (Lipinski definition) is 2. The molecule has 1 aliphatic rings. The number of aliphatic hydroxyl groups is 1. The zero-order valence-electron chi connectivity index (χ0n) is 10.3. The lowest BCUT2D eigenvalue weighted by molar-refractivity contribution is -0.125. The summed E-state index contributed by atoms with van der Waals surface area (Å²) in [7, 11) is 0. The Kier molecular flexibility index (Phi) is 4.59. The van der Waals surface area contributed by atoms with E-state index in [1.165, 1.54) is 0 Å². The van der Waals surface area contributed by atoms with Gasteiger partial charge in [0.2, 0.25) is 0 Å². The second kappa shape index (κ2) is 6.40. The van der Waals surface area contributed by atoms with Crippen LogP contribution in [0.25, 0.3) is 0 Å². The fourth-order valence-electron chi connectivity index (χ4n) is 2.19. The molecule has 1 saturated carbocycles. The third-order valence-electron chi connectivity index (χ3n) is 3.19. The normalized spacial score (nSPS) is 23.4. The molecule has 0 aromatic heterocycles. The minimum Gasteiger partial charge on any atom is -0.484 e. The number of amides is 1. The van der Waals surface area contributed by atoms with Gasteiger partial charge in [-0.05, 0) is 25.0 Å². The molecule has 0 aliphatic heterocycles. The van der Waals surface area contributed by atoms with Crippen LogP contribution in [0.2, 0.25) is 0 Å². The highest BCUT2D eigenvalue weighted by Crippen LogP contribution is 2.18. The van der Waals surface area contributed by atoms with Crippen LogP contribution in [-0.4, -0.2) is 29.8 Å². The van der Waals surface area contributed by atoms with Crippen molar-refractivity contribution >= 4 is 5.91 Å². The second-order valence-corrected chi connectivity index (χ2v) is 4.63. The molecule has 2 atom stereocenters. The predicted octanol–water partition coefficient (Wildman–Crippen LogP) is 1.49. The summed E-state index contributed by atoms with van der Waals surface area (Å²) in [5, 5.41) is 12.6. The van der Waals surface area contributed by atoms with Crippen molar-refractivity contribution in [3.63, 3.8) is 0 Å². The highest BCUT2D eigenvalue weighted by atomic mass is 16.5. The van der Waals surface area contributed by atoms with Gasteiger partial charge in [-0.25, -0.2) is 0 Å². The molecular formula is C14H19NO3. The Bertz CT molecular complexity index is 380. The molecule has 2 rings (SSSR count). The average molecular weight is 249 g/mol. The van der Waals surface area contributed by atoms with E-state index in [1.807, 2.05) is 30.3 Å². The van der Waals surface area contributed by atoms with Gasteiger partial charge in [0.1, 0.15) is 5.75 Å². The Labute approximate surface area is 107 Å². The molecule has 4 heteroatoms. The Morgan fingerprint density at radius 2 is 2.00 bits per heavy atom. The maximum Gasteiger partial charge on any atom is 0.258 e. The topological polar surface area (TPSA) is 58.6 Å². The van der Waals surface area contributed by atoms with E-state index in [4.69, 9.17) is 4.74 Å². The van der Waals surface area contributed by atoms with Gasteiger partial charge in [-0.2, -0.15) is 0 Å².